The smallest absolute Gasteiger partial charge is 0.120 e. The average Bonchev–Trinajstić information content (AvgIpc) is 2.51. The lowest BCUT2D eigenvalue weighted by molar-refractivity contribution is 0.307. The van der Waals surface area contributed by atoms with Crippen molar-refractivity contribution in [2.75, 3.05) is 20.3 Å². The molecule has 0 saturated carbocycles. The molecular formula is C17H20BrNO2. The van der Waals surface area contributed by atoms with Gasteiger partial charge in [-0.2, -0.15) is 0 Å². The third-order valence-electron chi connectivity index (χ3n) is 3.21. The van der Waals surface area contributed by atoms with Gasteiger partial charge >= 0.3 is 0 Å². The molecule has 0 fully saturated rings. The monoisotopic (exact) mass is 349 g/mol. The van der Waals surface area contributed by atoms with E-state index in [4.69, 9.17) is 9.47 Å². The second-order valence-electron chi connectivity index (χ2n) is 4.76. The summed E-state index contributed by atoms with van der Waals surface area (Å²) in [5.41, 5.74) is 1.21. The van der Waals surface area contributed by atoms with E-state index in [9.17, 15) is 0 Å². The molecule has 2 aromatic rings. The number of rotatable bonds is 7. The fourth-order valence-corrected chi connectivity index (χ4v) is 2.41. The molecular weight excluding hydrogens is 330 g/mol. The predicted octanol–water partition coefficient (Wildman–Crippen LogP) is 4.19. The van der Waals surface area contributed by atoms with Crippen LogP contribution in [0.3, 0.4) is 0 Å². The second-order valence-corrected chi connectivity index (χ2v) is 5.67. The maximum Gasteiger partial charge on any atom is 0.120 e. The first-order valence-corrected chi connectivity index (χ1v) is 7.74. The highest BCUT2D eigenvalue weighted by atomic mass is 79.9. The van der Waals surface area contributed by atoms with Gasteiger partial charge in [-0.15, -0.1) is 0 Å². The highest BCUT2D eigenvalue weighted by Gasteiger charge is 2.05. The van der Waals surface area contributed by atoms with Crippen LogP contribution in [0.15, 0.2) is 53.0 Å². The first-order chi connectivity index (χ1) is 10.2. The summed E-state index contributed by atoms with van der Waals surface area (Å²) < 4.78 is 12.0. The Bertz CT molecular complexity index is 574. The molecule has 2 rings (SSSR count). The van der Waals surface area contributed by atoms with E-state index >= 15 is 0 Å². The summed E-state index contributed by atoms with van der Waals surface area (Å²) in [5, 5.41) is 3.44. The number of benzene rings is 2. The van der Waals surface area contributed by atoms with Gasteiger partial charge in [0.25, 0.3) is 0 Å². The van der Waals surface area contributed by atoms with Gasteiger partial charge in [0.15, 0.2) is 0 Å². The van der Waals surface area contributed by atoms with Crippen LogP contribution in [0.25, 0.3) is 0 Å². The molecule has 0 amide bonds. The topological polar surface area (TPSA) is 30.5 Å². The van der Waals surface area contributed by atoms with Crippen LogP contribution in [-0.4, -0.2) is 20.3 Å². The Hall–Kier alpha value is -1.52. The van der Waals surface area contributed by atoms with Crippen molar-refractivity contribution in [3.05, 3.63) is 58.6 Å². The molecule has 0 spiro atoms. The zero-order chi connectivity index (χ0) is 15.1. The maximum atomic E-state index is 5.70. The lowest BCUT2D eigenvalue weighted by Gasteiger charge is -2.15. The van der Waals surface area contributed by atoms with E-state index in [1.807, 2.05) is 42.5 Å². The summed E-state index contributed by atoms with van der Waals surface area (Å²) in [6.45, 7) is 3.55. The Morgan fingerprint density at radius 2 is 1.86 bits per heavy atom. The molecule has 1 N–H and O–H groups in total. The van der Waals surface area contributed by atoms with Crippen molar-refractivity contribution in [3.63, 3.8) is 0 Å². The Labute approximate surface area is 134 Å². The lowest BCUT2D eigenvalue weighted by Crippen LogP contribution is -2.24. The molecule has 3 nitrogen and oxygen atoms in total. The van der Waals surface area contributed by atoms with Crippen molar-refractivity contribution in [2.24, 2.45) is 0 Å². The van der Waals surface area contributed by atoms with Gasteiger partial charge in [-0.25, -0.2) is 0 Å². The Balaban J connectivity index is 1.77. The zero-order valence-electron chi connectivity index (χ0n) is 12.3. The molecule has 0 radical (unpaired) electrons. The van der Waals surface area contributed by atoms with Gasteiger partial charge in [0, 0.05) is 17.1 Å². The molecule has 0 aromatic heterocycles. The summed E-state index contributed by atoms with van der Waals surface area (Å²) in [7, 11) is 1.68. The minimum atomic E-state index is 0.256. The van der Waals surface area contributed by atoms with Crippen molar-refractivity contribution >= 4 is 15.9 Å². The molecule has 0 bridgehead atoms. The minimum Gasteiger partial charge on any atom is -0.497 e. The number of ether oxygens (including phenoxy) is 2. The molecule has 2 aromatic carbocycles. The number of halogens is 1. The summed E-state index contributed by atoms with van der Waals surface area (Å²) in [4.78, 5) is 0. The van der Waals surface area contributed by atoms with Crippen LogP contribution in [0.4, 0.5) is 0 Å². The lowest BCUT2D eigenvalue weighted by atomic mass is 10.1. The molecule has 0 unspecified atom stereocenters. The third kappa shape index (κ3) is 5.06. The Morgan fingerprint density at radius 3 is 2.62 bits per heavy atom. The predicted molar refractivity (Wildman–Crippen MR) is 89.0 cm³/mol. The summed E-state index contributed by atoms with van der Waals surface area (Å²) in [6.07, 6.45) is 0. The van der Waals surface area contributed by atoms with Gasteiger partial charge < -0.3 is 14.8 Å². The quantitative estimate of drug-likeness (QED) is 0.760. The first kappa shape index (κ1) is 15.9. The van der Waals surface area contributed by atoms with Crippen LogP contribution in [0.5, 0.6) is 11.5 Å². The normalized spacial score (nSPS) is 12.0. The van der Waals surface area contributed by atoms with E-state index in [1.165, 1.54) is 5.56 Å². The Morgan fingerprint density at radius 1 is 1.10 bits per heavy atom. The van der Waals surface area contributed by atoms with Crippen molar-refractivity contribution in [1.82, 2.24) is 5.32 Å². The van der Waals surface area contributed by atoms with Crippen LogP contribution in [0.1, 0.15) is 18.5 Å². The second kappa shape index (κ2) is 8.05. The zero-order valence-corrected chi connectivity index (χ0v) is 13.9. The third-order valence-corrected chi connectivity index (χ3v) is 3.70. The van der Waals surface area contributed by atoms with Crippen molar-refractivity contribution in [2.45, 2.75) is 13.0 Å². The van der Waals surface area contributed by atoms with Crippen LogP contribution < -0.4 is 14.8 Å². The van der Waals surface area contributed by atoms with Gasteiger partial charge in [-0.05, 0) is 42.8 Å². The fraction of sp³-hybridized carbons (Fsp3) is 0.294. The van der Waals surface area contributed by atoms with Crippen molar-refractivity contribution < 1.29 is 9.47 Å². The number of hydrogen-bond donors (Lipinski definition) is 1. The molecule has 4 heteroatoms. The highest BCUT2D eigenvalue weighted by molar-refractivity contribution is 9.10. The number of methoxy groups -OCH3 is 1. The molecule has 0 aliphatic heterocycles. The molecule has 1 atom stereocenters. The van der Waals surface area contributed by atoms with E-state index in [0.29, 0.717) is 6.61 Å². The van der Waals surface area contributed by atoms with E-state index in [0.717, 1.165) is 22.5 Å². The van der Waals surface area contributed by atoms with E-state index in [1.54, 1.807) is 7.11 Å². The van der Waals surface area contributed by atoms with Crippen LogP contribution in [0, 0.1) is 0 Å². The van der Waals surface area contributed by atoms with Gasteiger partial charge in [-0.1, -0.05) is 34.1 Å². The maximum absolute atomic E-state index is 5.70. The first-order valence-electron chi connectivity index (χ1n) is 6.95. The molecule has 0 saturated heterocycles. The molecule has 0 heterocycles. The largest absolute Gasteiger partial charge is 0.497 e. The number of hydrogen-bond acceptors (Lipinski definition) is 3. The van der Waals surface area contributed by atoms with Gasteiger partial charge in [-0.3, -0.25) is 0 Å². The molecule has 0 aliphatic carbocycles. The standard InChI is InChI=1S/C17H20BrNO2/c1-13(14-5-3-7-16(11-14)20-2)19-9-10-21-17-8-4-6-15(18)12-17/h3-8,11-13,19H,9-10H2,1-2H3/t13-/m1/s1. The van der Waals surface area contributed by atoms with Gasteiger partial charge in [0.2, 0.25) is 0 Å². The summed E-state index contributed by atoms with van der Waals surface area (Å²) in [5.74, 6) is 1.76. The van der Waals surface area contributed by atoms with Crippen LogP contribution in [-0.2, 0) is 0 Å². The van der Waals surface area contributed by atoms with Crippen LogP contribution in [0.2, 0.25) is 0 Å². The number of nitrogens with one attached hydrogen (secondary N) is 1. The molecule has 0 aliphatic rings. The summed E-state index contributed by atoms with van der Waals surface area (Å²) in [6, 6.07) is 16.2. The summed E-state index contributed by atoms with van der Waals surface area (Å²) >= 11 is 3.43. The van der Waals surface area contributed by atoms with E-state index in [2.05, 4.69) is 34.2 Å². The van der Waals surface area contributed by atoms with E-state index < -0.39 is 0 Å². The SMILES string of the molecule is COc1cccc([C@@H](C)NCCOc2cccc(Br)c2)c1. The van der Waals surface area contributed by atoms with Gasteiger partial charge in [0.1, 0.15) is 18.1 Å². The van der Waals surface area contributed by atoms with E-state index in [-0.39, 0.29) is 6.04 Å². The van der Waals surface area contributed by atoms with Crippen LogP contribution >= 0.6 is 15.9 Å². The van der Waals surface area contributed by atoms with Crippen molar-refractivity contribution in [1.29, 1.82) is 0 Å². The Kier molecular flexibility index (Phi) is 6.08. The van der Waals surface area contributed by atoms with Crippen molar-refractivity contribution in [3.8, 4) is 11.5 Å². The molecule has 21 heavy (non-hydrogen) atoms. The fourth-order valence-electron chi connectivity index (χ4n) is 2.03. The van der Waals surface area contributed by atoms with Gasteiger partial charge in [0.05, 0.1) is 7.11 Å². The average molecular weight is 350 g/mol. The highest BCUT2D eigenvalue weighted by Crippen LogP contribution is 2.19. The molecule has 112 valence electrons. The minimum absolute atomic E-state index is 0.256.